The minimum Gasteiger partial charge on any atom is -0.220 e. The summed E-state index contributed by atoms with van der Waals surface area (Å²) >= 11 is 6.16. The van der Waals surface area contributed by atoms with Gasteiger partial charge in [0.1, 0.15) is 0 Å². The molecular formula is C11H8Br2F3N3. The van der Waals surface area contributed by atoms with E-state index >= 15 is 0 Å². The normalized spacial score (nSPS) is 11.8. The van der Waals surface area contributed by atoms with E-state index in [2.05, 4.69) is 42.2 Å². The molecule has 0 bridgehead atoms. The van der Waals surface area contributed by atoms with Crippen molar-refractivity contribution >= 4 is 31.9 Å². The number of alkyl halides is 4. The summed E-state index contributed by atoms with van der Waals surface area (Å²) in [5, 5.41) is 8.43. The van der Waals surface area contributed by atoms with E-state index in [9.17, 15) is 13.2 Å². The van der Waals surface area contributed by atoms with Gasteiger partial charge in [-0.25, -0.2) is 4.68 Å². The molecule has 0 saturated heterocycles. The molecule has 0 spiro atoms. The molecule has 2 aromatic rings. The minimum absolute atomic E-state index is 0.00421. The van der Waals surface area contributed by atoms with Gasteiger partial charge in [-0.2, -0.15) is 13.2 Å². The van der Waals surface area contributed by atoms with E-state index in [-0.39, 0.29) is 4.47 Å². The second-order valence-corrected chi connectivity index (χ2v) is 5.40. The first-order valence-electron chi connectivity index (χ1n) is 5.26. The molecule has 19 heavy (non-hydrogen) atoms. The van der Waals surface area contributed by atoms with Gasteiger partial charge in [-0.15, -0.1) is 5.10 Å². The predicted molar refractivity (Wildman–Crippen MR) is 71.6 cm³/mol. The zero-order valence-electron chi connectivity index (χ0n) is 9.46. The third kappa shape index (κ3) is 3.36. The maximum atomic E-state index is 12.8. The summed E-state index contributed by atoms with van der Waals surface area (Å²) in [4.78, 5) is 0. The fraction of sp³-hybridized carbons (Fsp3) is 0.273. The predicted octanol–water partition coefficient (Wildman–Crippen LogP) is 3.99. The second kappa shape index (κ2) is 5.62. The summed E-state index contributed by atoms with van der Waals surface area (Å²) < 4.78 is 39.7. The number of aryl methyl sites for hydroxylation is 1. The summed E-state index contributed by atoms with van der Waals surface area (Å²) in [6, 6.07) is 3.94. The molecule has 102 valence electrons. The van der Waals surface area contributed by atoms with E-state index in [1.54, 1.807) is 12.3 Å². The van der Waals surface area contributed by atoms with E-state index < -0.39 is 11.7 Å². The Kier molecular flexibility index (Phi) is 4.29. The van der Waals surface area contributed by atoms with E-state index in [1.807, 2.05) is 0 Å². The minimum atomic E-state index is -4.41. The lowest BCUT2D eigenvalue weighted by Crippen LogP contribution is -2.07. The maximum absolute atomic E-state index is 12.8. The topological polar surface area (TPSA) is 30.7 Å². The largest absolute Gasteiger partial charge is 0.417 e. The lowest BCUT2D eigenvalue weighted by Gasteiger charge is -2.10. The molecule has 8 heteroatoms. The van der Waals surface area contributed by atoms with Gasteiger partial charge in [-0.1, -0.05) is 37.1 Å². The Morgan fingerprint density at radius 3 is 2.63 bits per heavy atom. The van der Waals surface area contributed by atoms with Crippen molar-refractivity contribution in [1.29, 1.82) is 0 Å². The SMILES string of the molecule is FC(F)(F)c1cc(-n2cc(CCBr)nn2)ccc1Br. The van der Waals surface area contributed by atoms with Crippen LogP contribution in [0.15, 0.2) is 28.9 Å². The zero-order valence-corrected chi connectivity index (χ0v) is 12.6. The lowest BCUT2D eigenvalue weighted by atomic mass is 10.2. The number of aromatic nitrogens is 3. The quantitative estimate of drug-likeness (QED) is 0.732. The van der Waals surface area contributed by atoms with Crippen LogP contribution in [-0.4, -0.2) is 20.3 Å². The molecule has 1 aromatic heterocycles. The summed E-state index contributed by atoms with van der Waals surface area (Å²) in [5.41, 5.74) is 0.305. The lowest BCUT2D eigenvalue weighted by molar-refractivity contribution is -0.138. The number of hydrogen-bond acceptors (Lipinski definition) is 2. The van der Waals surface area contributed by atoms with Crippen LogP contribution in [0, 0.1) is 0 Å². The average Bonchev–Trinajstić information content (AvgIpc) is 2.77. The molecule has 0 aliphatic carbocycles. The fourth-order valence-corrected chi connectivity index (χ4v) is 2.39. The number of hydrogen-bond donors (Lipinski definition) is 0. The van der Waals surface area contributed by atoms with E-state index in [4.69, 9.17) is 0 Å². The molecule has 0 aliphatic rings. The van der Waals surface area contributed by atoms with E-state index in [0.29, 0.717) is 17.8 Å². The van der Waals surface area contributed by atoms with Gasteiger partial charge in [0.25, 0.3) is 0 Å². The fourth-order valence-electron chi connectivity index (χ4n) is 1.51. The Bertz CT molecular complexity index is 581. The zero-order chi connectivity index (χ0) is 14.0. The number of nitrogens with zero attached hydrogens (tertiary/aromatic N) is 3. The van der Waals surface area contributed by atoms with Crippen molar-refractivity contribution in [3.8, 4) is 5.69 Å². The van der Waals surface area contributed by atoms with Crippen molar-refractivity contribution in [1.82, 2.24) is 15.0 Å². The molecular weight excluding hydrogens is 391 g/mol. The van der Waals surface area contributed by atoms with Crippen LogP contribution in [0.3, 0.4) is 0 Å². The van der Waals surface area contributed by atoms with Crippen molar-refractivity contribution in [2.24, 2.45) is 0 Å². The van der Waals surface area contributed by atoms with Crippen LogP contribution in [0.1, 0.15) is 11.3 Å². The maximum Gasteiger partial charge on any atom is 0.417 e. The van der Waals surface area contributed by atoms with Gasteiger partial charge in [0.15, 0.2) is 0 Å². The summed E-state index contributed by atoms with van der Waals surface area (Å²) in [7, 11) is 0. The Hall–Kier alpha value is -0.890. The first-order valence-corrected chi connectivity index (χ1v) is 7.17. The highest BCUT2D eigenvalue weighted by Crippen LogP contribution is 2.35. The number of rotatable bonds is 3. The molecule has 0 saturated carbocycles. The van der Waals surface area contributed by atoms with Crippen LogP contribution >= 0.6 is 31.9 Å². The molecule has 0 unspecified atom stereocenters. The Labute approximate surface area is 124 Å². The average molecular weight is 399 g/mol. The van der Waals surface area contributed by atoms with Crippen LogP contribution in [-0.2, 0) is 12.6 Å². The molecule has 2 rings (SSSR count). The van der Waals surface area contributed by atoms with E-state index in [1.165, 1.54) is 10.7 Å². The van der Waals surface area contributed by atoms with Crippen molar-refractivity contribution in [3.05, 3.63) is 40.1 Å². The summed E-state index contributed by atoms with van der Waals surface area (Å²) in [6.45, 7) is 0. The highest BCUT2D eigenvalue weighted by atomic mass is 79.9. The van der Waals surface area contributed by atoms with Gasteiger partial charge in [0.2, 0.25) is 0 Å². The molecule has 3 nitrogen and oxygen atoms in total. The Morgan fingerprint density at radius 1 is 1.26 bits per heavy atom. The first kappa shape index (κ1) is 14.5. The van der Waals surface area contributed by atoms with Crippen LogP contribution in [0.2, 0.25) is 0 Å². The summed E-state index contributed by atoms with van der Waals surface area (Å²) in [6.07, 6.45) is -2.12. The molecule has 1 aromatic carbocycles. The molecule has 1 heterocycles. The van der Waals surface area contributed by atoms with Gasteiger partial charge < -0.3 is 0 Å². The second-order valence-electron chi connectivity index (χ2n) is 3.76. The van der Waals surface area contributed by atoms with Gasteiger partial charge >= 0.3 is 6.18 Å². The third-order valence-corrected chi connectivity index (χ3v) is 3.50. The van der Waals surface area contributed by atoms with Crippen molar-refractivity contribution in [2.75, 3.05) is 5.33 Å². The molecule has 0 amide bonds. The van der Waals surface area contributed by atoms with Gasteiger partial charge in [0, 0.05) is 16.2 Å². The van der Waals surface area contributed by atoms with Gasteiger partial charge in [0.05, 0.1) is 23.1 Å². The molecule has 0 atom stereocenters. The van der Waals surface area contributed by atoms with Crippen molar-refractivity contribution in [2.45, 2.75) is 12.6 Å². The van der Waals surface area contributed by atoms with Crippen LogP contribution in [0.25, 0.3) is 5.69 Å². The molecule has 0 N–H and O–H groups in total. The molecule has 0 fully saturated rings. The Balaban J connectivity index is 2.39. The first-order chi connectivity index (χ1) is 8.91. The van der Waals surface area contributed by atoms with Gasteiger partial charge in [-0.05, 0) is 18.2 Å². The van der Waals surface area contributed by atoms with Crippen molar-refractivity contribution in [3.63, 3.8) is 0 Å². The smallest absolute Gasteiger partial charge is 0.220 e. The van der Waals surface area contributed by atoms with Crippen LogP contribution in [0.4, 0.5) is 13.2 Å². The third-order valence-electron chi connectivity index (χ3n) is 2.41. The van der Waals surface area contributed by atoms with E-state index in [0.717, 1.165) is 11.4 Å². The van der Waals surface area contributed by atoms with Gasteiger partial charge in [-0.3, -0.25) is 0 Å². The standard InChI is InChI=1S/C11H8Br2F3N3/c12-4-3-7-6-19(18-17-7)8-1-2-10(13)9(5-8)11(14,15)16/h1-2,5-6H,3-4H2. The number of halogens is 5. The van der Waals surface area contributed by atoms with Crippen molar-refractivity contribution < 1.29 is 13.2 Å². The Morgan fingerprint density at radius 2 is 2.00 bits per heavy atom. The summed E-state index contributed by atoms with van der Waals surface area (Å²) in [5.74, 6) is 0. The highest BCUT2D eigenvalue weighted by Gasteiger charge is 2.33. The number of benzene rings is 1. The highest BCUT2D eigenvalue weighted by molar-refractivity contribution is 9.10. The van der Waals surface area contributed by atoms with Crippen LogP contribution in [0.5, 0.6) is 0 Å². The van der Waals surface area contributed by atoms with Crippen LogP contribution < -0.4 is 0 Å². The molecule has 0 radical (unpaired) electrons. The molecule has 0 aliphatic heterocycles. The monoisotopic (exact) mass is 397 g/mol.